The van der Waals surface area contributed by atoms with Gasteiger partial charge < -0.3 is 38.4 Å². The van der Waals surface area contributed by atoms with Gasteiger partial charge in [0.1, 0.15) is 22.5 Å². The van der Waals surface area contributed by atoms with Crippen molar-refractivity contribution in [1.29, 1.82) is 0 Å². The number of rotatable bonds is 16. The average molecular weight is 924 g/mol. The quantitative estimate of drug-likeness (QED) is 0.0836. The molecule has 4 N–H and O–H groups in total. The van der Waals surface area contributed by atoms with Crippen LogP contribution in [0.4, 0.5) is 12.0 Å². The first-order chi connectivity index (χ1) is 31.8. The topological polar surface area (TPSA) is 180 Å². The number of benzene rings is 4. The molecule has 1 saturated carbocycles. The molecule has 3 aliphatic rings. The lowest BCUT2D eigenvalue weighted by Crippen LogP contribution is -2.38. The van der Waals surface area contributed by atoms with Crippen LogP contribution in [0, 0.1) is 0 Å². The van der Waals surface area contributed by atoms with E-state index in [1.54, 1.807) is 13.2 Å². The van der Waals surface area contributed by atoms with E-state index in [9.17, 15) is 8.42 Å². The number of nitrogens with zero attached hydrogens (tertiary/aromatic N) is 4. The Bertz CT molecular complexity index is 2570. The number of likely N-dealkylation sites (tertiary alicyclic amines) is 2. The van der Waals surface area contributed by atoms with Crippen LogP contribution in [0.25, 0.3) is 22.2 Å². The molecule has 0 atom stereocenters. The highest BCUT2D eigenvalue weighted by atomic mass is 32.2. The minimum Gasteiger partial charge on any atom is -0.493 e. The number of anilines is 2. The number of ether oxygens (including phenoxy) is 4. The van der Waals surface area contributed by atoms with Gasteiger partial charge in [-0.3, -0.25) is 9.80 Å². The second kappa shape index (κ2) is 21.4. The zero-order chi connectivity index (χ0) is 46.2. The summed E-state index contributed by atoms with van der Waals surface area (Å²) in [7, 11) is -2.09. The minimum atomic E-state index is -3.78. The van der Waals surface area contributed by atoms with Crippen molar-refractivity contribution in [2.45, 2.75) is 127 Å². The third kappa shape index (κ3) is 12.9. The van der Waals surface area contributed by atoms with E-state index >= 15 is 0 Å². The molecule has 3 fully saturated rings. The summed E-state index contributed by atoms with van der Waals surface area (Å²) >= 11 is 0. The van der Waals surface area contributed by atoms with Gasteiger partial charge in [0.15, 0.2) is 22.7 Å². The molecule has 0 radical (unpaired) electrons. The predicted octanol–water partition coefficient (Wildman–Crippen LogP) is 9.36. The maximum Gasteiger partial charge on any atom is 0.295 e. The van der Waals surface area contributed by atoms with Gasteiger partial charge in [-0.2, -0.15) is 9.97 Å². The molecule has 0 bridgehead atoms. The van der Waals surface area contributed by atoms with Gasteiger partial charge in [-0.1, -0.05) is 18.2 Å². The molecule has 4 heterocycles. The first-order valence-electron chi connectivity index (χ1n) is 23.4. The van der Waals surface area contributed by atoms with Crippen molar-refractivity contribution < 1.29 is 36.2 Å². The molecule has 15 nitrogen and oxygen atoms in total. The van der Waals surface area contributed by atoms with E-state index < -0.39 is 10.0 Å². The third-order valence-electron chi connectivity index (χ3n) is 12.1. The maximum absolute atomic E-state index is 11.6. The second-order valence-corrected chi connectivity index (χ2v) is 19.8. The number of piperidine rings is 2. The van der Waals surface area contributed by atoms with Crippen LogP contribution in [0.5, 0.6) is 23.0 Å². The van der Waals surface area contributed by atoms with Crippen molar-refractivity contribution in [2.75, 3.05) is 43.9 Å². The molecule has 0 amide bonds. The zero-order valence-electron chi connectivity index (χ0n) is 38.8. The fourth-order valence-corrected chi connectivity index (χ4v) is 9.45. The molecule has 4 aromatic carbocycles. The summed E-state index contributed by atoms with van der Waals surface area (Å²) in [4.78, 5) is 13.9. The van der Waals surface area contributed by atoms with Crippen LogP contribution >= 0.6 is 0 Å². The molecular weight excluding hydrogens is 859 g/mol. The average Bonchev–Trinajstić information content (AvgIpc) is 4.04. The highest BCUT2D eigenvalue weighted by molar-refractivity contribution is 7.89. The van der Waals surface area contributed by atoms with Crippen LogP contribution in [0.1, 0.15) is 90.2 Å². The van der Waals surface area contributed by atoms with Crippen molar-refractivity contribution in [3.63, 3.8) is 0 Å². The zero-order valence-corrected chi connectivity index (χ0v) is 39.6. The predicted molar refractivity (Wildman–Crippen MR) is 257 cm³/mol. The largest absolute Gasteiger partial charge is 0.493 e. The fourth-order valence-electron chi connectivity index (χ4n) is 8.92. The number of fused-ring (bicyclic) bond motifs is 2. The number of para-hydroxylation sites is 2. The van der Waals surface area contributed by atoms with E-state index in [0.29, 0.717) is 35.3 Å². The van der Waals surface area contributed by atoms with Crippen molar-refractivity contribution >= 4 is 44.3 Å². The van der Waals surface area contributed by atoms with Gasteiger partial charge in [-0.25, -0.2) is 13.6 Å². The number of nitrogens with one attached hydrogen (secondary N) is 2. The van der Waals surface area contributed by atoms with E-state index in [1.165, 1.54) is 36.1 Å². The smallest absolute Gasteiger partial charge is 0.295 e. The van der Waals surface area contributed by atoms with Gasteiger partial charge in [0.25, 0.3) is 12.0 Å². The number of sulfonamides is 1. The molecule has 9 rings (SSSR count). The first-order valence-corrected chi connectivity index (χ1v) is 24.9. The number of nitrogens with two attached hydrogens (primary N) is 1. The highest BCUT2D eigenvalue weighted by Crippen LogP contribution is 2.34. The molecular formula is C50H65N7O8S. The lowest BCUT2D eigenvalue weighted by molar-refractivity contribution is 0.197. The van der Waals surface area contributed by atoms with Gasteiger partial charge in [0.2, 0.25) is 10.0 Å². The Morgan fingerprint density at radius 2 is 1.23 bits per heavy atom. The third-order valence-corrected chi connectivity index (χ3v) is 13.0. The molecule has 2 aromatic heterocycles. The van der Waals surface area contributed by atoms with Crippen LogP contribution in [0.2, 0.25) is 0 Å². The summed E-state index contributed by atoms with van der Waals surface area (Å²) in [5, 5.41) is 12.0. The van der Waals surface area contributed by atoms with Crippen LogP contribution in [0.3, 0.4) is 0 Å². The fraction of sp³-hybridized carbons (Fsp3) is 0.480. The molecule has 66 heavy (non-hydrogen) atoms. The summed E-state index contributed by atoms with van der Waals surface area (Å²) in [6, 6.07) is 26.4. The Labute approximate surface area is 388 Å². The summed E-state index contributed by atoms with van der Waals surface area (Å²) in [5.74, 6) is 3.37. The van der Waals surface area contributed by atoms with Crippen LogP contribution < -0.4 is 34.7 Å². The first kappa shape index (κ1) is 47.0. The lowest BCUT2D eigenvalue weighted by atomic mass is 10.0. The minimum absolute atomic E-state index is 0.0217. The summed E-state index contributed by atoms with van der Waals surface area (Å²) < 4.78 is 58.4. The number of hydrogen-bond acceptors (Lipinski definition) is 14. The number of hydrogen-bond donors (Lipinski definition) is 3. The molecule has 0 spiro atoms. The van der Waals surface area contributed by atoms with Crippen molar-refractivity contribution in [3.05, 3.63) is 90.0 Å². The molecule has 0 unspecified atom stereocenters. The van der Waals surface area contributed by atoms with Crippen molar-refractivity contribution in [2.24, 2.45) is 5.14 Å². The number of primary sulfonamides is 1. The van der Waals surface area contributed by atoms with Gasteiger partial charge in [-0.15, -0.1) is 0 Å². The summed E-state index contributed by atoms with van der Waals surface area (Å²) in [6.45, 7) is 13.9. The van der Waals surface area contributed by atoms with E-state index in [1.807, 2.05) is 64.1 Å². The molecule has 2 aliphatic heterocycles. The standard InChI is InChI=1S/C25H32N4O5S.C25H33N3O3/c1-32-23-8-6-17(14-24(23)33-19-4-2-3-5-19)16-29-12-10-18(11-13-29)27-25-28-21-15-20(35(26,30)31)7-9-22(21)34-25;1-17(2)29-21-13-19(14-22(15-21)30-18(3)4)16-28-11-9-20(10-12-28)26-25-27-23-7-5-6-8-24(23)31-25/h6-9,14-15,18-19H,2-5,10-13,16H2,1H3,(H,27,28)(H2,26,30,31);5-8,13-15,17-18,20H,9-12,16H2,1-4H3,(H,26,27). The number of aromatic nitrogens is 2. The van der Waals surface area contributed by atoms with E-state index in [-0.39, 0.29) is 23.1 Å². The normalized spacial score (nSPS) is 17.0. The molecule has 1 aliphatic carbocycles. The second-order valence-electron chi connectivity index (χ2n) is 18.2. The van der Waals surface area contributed by atoms with Crippen LogP contribution in [0.15, 0.2) is 92.6 Å². The van der Waals surface area contributed by atoms with Crippen LogP contribution in [-0.4, -0.2) is 91.9 Å². The van der Waals surface area contributed by atoms with Gasteiger partial charge in [0, 0.05) is 57.4 Å². The van der Waals surface area contributed by atoms with Crippen molar-refractivity contribution in [1.82, 2.24) is 19.8 Å². The summed E-state index contributed by atoms with van der Waals surface area (Å²) in [6.07, 6.45) is 9.25. The molecule has 354 valence electrons. The Balaban J connectivity index is 0.000000181. The molecule has 6 aromatic rings. The monoisotopic (exact) mass is 923 g/mol. The molecule has 2 saturated heterocycles. The van der Waals surface area contributed by atoms with Gasteiger partial charge in [-0.05, 0) is 145 Å². The van der Waals surface area contributed by atoms with E-state index in [2.05, 4.69) is 54.7 Å². The van der Waals surface area contributed by atoms with E-state index in [4.69, 9.17) is 32.9 Å². The SMILES string of the molecule is CC(C)Oc1cc(CN2CCC(Nc3nc4ccccc4o3)CC2)cc(OC(C)C)c1.COc1ccc(CN2CCC(Nc3nc4cc(S(N)(=O)=O)ccc4o3)CC2)cc1OC1CCCC1. The van der Waals surface area contributed by atoms with Gasteiger partial charge >= 0.3 is 0 Å². The Kier molecular flexibility index (Phi) is 15.2. The maximum atomic E-state index is 11.6. The Morgan fingerprint density at radius 3 is 1.79 bits per heavy atom. The Morgan fingerprint density at radius 1 is 0.667 bits per heavy atom. The lowest BCUT2D eigenvalue weighted by Gasteiger charge is -2.32. The number of methoxy groups -OCH3 is 1. The van der Waals surface area contributed by atoms with Crippen LogP contribution in [-0.2, 0) is 23.1 Å². The summed E-state index contributed by atoms with van der Waals surface area (Å²) in [5.41, 5.74) is 5.14. The highest BCUT2D eigenvalue weighted by Gasteiger charge is 2.24. The Hall–Kier alpha value is -5.55. The van der Waals surface area contributed by atoms with Crippen molar-refractivity contribution in [3.8, 4) is 23.0 Å². The van der Waals surface area contributed by atoms with E-state index in [0.717, 1.165) is 112 Å². The number of oxazole rings is 2. The van der Waals surface area contributed by atoms with Gasteiger partial charge in [0.05, 0.1) is 30.3 Å². The molecule has 16 heteroatoms.